The highest BCUT2D eigenvalue weighted by Crippen LogP contribution is 2.49. The molecule has 0 aromatic heterocycles. The maximum Gasteiger partial charge on any atom is 0.369 e. The predicted octanol–water partition coefficient (Wildman–Crippen LogP) is 4.86. The van der Waals surface area contributed by atoms with Crippen LogP contribution in [0, 0.1) is 0 Å². The fourth-order valence-electron chi connectivity index (χ4n) is 1.24. The zero-order chi connectivity index (χ0) is 20.5. The van der Waals surface area contributed by atoms with Gasteiger partial charge >= 0.3 is 36.1 Å². The Balaban J connectivity index is 5.26. The summed E-state index contributed by atoms with van der Waals surface area (Å²) in [6.45, 7) is -0.987. The van der Waals surface area contributed by atoms with Crippen LogP contribution in [0.2, 0.25) is 0 Å². The van der Waals surface area contributed by atoms with Gasteiger partial charge in [-0.3, -0.25) is 0 Å². The number of alkyl halides is 11. The summed E-state index contributed by atoms with van der Waals surface area (Å²) >= 11 is 0. The molecule has 0 aliphatic rings. The first-order valence-electron chi connectivity index (χ1n) is 6.49. The first kappa shape index (κ1) is 23.7. The fourth-order valence-corrected chi connectivity index (χ4v) is 1.24. The summed E-state index contributed by atoms with van der Waals surface area (Å²) in [5, 5.41) is 0. The molecule has 0 amide bonds. The van der Waals surface area contributed by atoms with E-state index in [0.29, 0.717) is 6.92 Å². The van der Waals surface area contributed by atoms with E-state index in [1.807, 2.05) is 0 Å². The molecule has 1 atom stereocenters. The highest BCUT2D eigenvalue weighted by Gasteiger charge is 2.70. The van der Waals surface area contributed by atoms with Crippen molar-refractivity contribution in [2.75, 3.05) is 6.61 Å². The predicted molar refractivity (Wildman–Crippen MR) is 61.2 cm³/mol. The smallest absolute Gasteiger partial charge is 0.369 e. The van der Waals surface area contributed by atoms with Gasteiger partial charge in [0.1, 0.15) is 0 Å². The van der Waals surface area contributed by atoms with Crippen molar-refractivity contribution in [3.05, 3.63) is 0 Å². The summed E-state index contributed by atoms with van der Waals surface area (Å²) in [5.74, 6) is -26.1. The van der Waals surface area contributed by atoms with Gasteiger partial charge in [-0.15, -0.1) is 0 Å². The number of hydrogen-bond donors (Lipinski definition) is 0. The Kier molecular flexibility index (Phi) is 6.77. The van der Waals surface area contributed by atoms with Gasteiger partial charge in [-0.25, -0.2) is 18.0 Å². The Hall–Kier alpha value is -1.30. The van der Waals surface area contributed by atoms with Crippen LogP contribution in [0.5, 0.6) is 0 Å². The number of ether oxygens (including phenoxy) is 1. The average molecular weight is 398 g/mol. The summed E-state index contributed by atoms with van der Waals surface area (Å²) in [7, 11) is 0. The van der Waals surface area contributed by atoms with Gasteiger partial charge < -0.3 is 4.74 Å². The molecule has 1 unspecified atom stereocenters. The number of halogens is 11. The van der Waals surface area contributed by atoms with Crippen LogP contribution in [0.3, 0.4) is 0 Å². The van der Waals surface area contributed by atoms with Gasteiger partial charge in [-0.1, -0.05) is 6.92 Å². The second-order valence-electron chi connectivity index (χ2n) is 5.34. The minimum absolute atomic E-state index is 0.558. The van der Waals surface area contributed by atoms with Crippen LogP contribution < -0.4 is 0 Å². The number of hydrogen-bond acceptors (Lipinski definition) is 2. The van der Waals surface area contributed by atoms with Crippen molar-refractivity contribution in [3.63, 3.8) is 0 Å². The van der Waals surface area contributed by atoms with Gasteiger partial charge in [-0.2, -0.15) is 35.1 Å². The molecular weight excluding hydrogens is 385 g/mol. The quantitative estimate of drug-likeness (QED) is 0.410. The molecule has 0 N–H and O–H groups in total. The van der Waals surface area contributed by atoms with Crippen LogP contribution in [-0.4, -0.2) is 48.4 Å². The Bertz CT molecular complexity index is 474. The summed E-state index contributed by atoms with van der Waals surface area (Å²) in [4.78, 5) is 11.1. The molecule has 0 heterocycles. The minimum atomic E-state index is -6.30. The zero-order valence-corrected chi connectivity index (χ0v) is 12.7. The number of carbonyl (C=O) groups is 1. The second kappa shape index (κ2) is 7.14. The van der Waals surface area contributed by atoms with Gasteiger partial charge in [0.05, 0.1) is 6.42 Å². The highest BCUT2D eigenvalue weighted by molar-refractivity contribution is 5.78. The molecule has 25 heavy (non-hydrogen) atoms. The van der Waals surface area contributed by atoms with Crippen molar-refractivity contribution in [1.82, 2.24) is 0 Å². The summed E-state index contributed by atoms with van der Waals surface area (Å²) in [5.41, 5.74) is -2.85. The highest BCUT2D eigenvalue weighted by atomic mass is 19.3. The van der Waals surface area contributed by atoms with Crippen LogP contribution in [0.4, 0.5) is 48.3 Å². The summed E-state index contributed by atoms with van der Waals surface area (Å²) < 4.78 is 145. The number of carbonyl (C=O) groups excluding carboxylic acids is 1. The van der Waals surface area contributed by atoms with Crippen molar-refractivity contribution in [2.45, 2.75) is 62.5 Å². The van der Waals surface area contributed by atoms with Crippen LogP contribution in [-0.2, 0) is 9.53 Å². The zero-order valence-electron chi connectivity index (χ0n) is 12.7. The molecule has 0 aliphatic heterocycles. The third-order valence-corrected chi connectivity index (χ3v) is 3.21. The molecule has 0 spiro atoms. The first-order valence-corrected chi connectivity index (χ1v) is 6.49. The van der Waals surface area contributed by atoms with Crippen molar-refractivity contribution < 1.29 is 57.8 Å². The summed E-state index contributed by atoms with van der Waals surface area (Å²) in [6, 6.07) is 0. The van der Waals surface area contributed by atoms with E-state index in [0.717, 1.165) is 6.92 Å². The van der Waals surface area contributed by atoms with Crippen LogP contribution in [0.25, 0.3) is 0 Å². The van der Waals surface area contributed by atoms with E-state index in [2.05, 4.69) is 4.74 Å². The van der Waals surface area contributed by atoms with E-state index in [9.17, 15) is 53.1 Å². The Morgan fingerprint density at radius 1 is 0.880 bits per heavy atom. The lowest BCUT2D eigenvalue weighted by molar-refractivity contribution is -0.310. The van der Waals surface area contributed by atoms with E-state index in [1.165, 1.54) is 0 Å². The largest absolute Gasteiger partial charge is 0.457 e. The minimum Gasteiger partial charge on any atom is -0.457 e. The van der Waals surface area contributed by atoms with Gasteiger partial charge in [0.15, 0.2) is 6.61 Å². The number of rotatable bonds is 9. The molecule has 0 aromatic rings. The molecule has 0 aliphatic carbocycles. The molecule has 150 valence electrons. The molecule has 0 bridgehead atoms. The van der Waals surface area contributed by atoms with Crippen molar-refractivity contribution in [3.8, 4) is 0 Å². The molecule has 0 radical (unpaired) electrons. The third-order valence-electron chi connectivity index (χ3n) is 3.21. The van der Waals surface area contributed by atoms with Gasteiger partial charge in [-0.05, 0) is 13.3 Å². The third kappa shape index (κ3) is 5.09. The Morgan fingerprint density at radius 3 is 1.68 bits per heavy atom. The van der Waals surface area contributed by atoms with Crippen LogP contribution in [0.15, 0.2) is 0 Å². The Morgan fingerprint density at radius 2 is 1.32 bits per heavy atom. The van der Waals surface area contributed by atoms with Crippen molar-refractivity contribution in [2.24, 2.45) is 0 Å². The fraction of sp³-hybridized carbons (Fsp3) is 0.917. The molecule has 0 rings (SSSR count). The van der Waals surface area contributed by atoms with Gasteiger partial charge in [0.25, 0.3) is 0 Å². The van der Waals surface area contributed by atoms with E-state index in [4.69, 9.17) is 0 Å². The normalized spacial score (nSPS) is 16.7. The lowest BCUT2D eigenvalue weighted by atomic mass is 9.99. The second-order valence-corrected chi connectivity index (χ2v) is 5.34. The maximum absolute atomic E-state index is 13.4. The number of esters is 1. The van der Waals surface area contributed by atoms with E-state index in [1.54, 1.807) is 0 Å². The SMILES string of the molecule is CCC(C)(F)C(=O)OCC(F)(F)C(F)(F)CC(F)(F)C(F)(F)C(F)F. The molecule has 2 nitrogen and oxygen atoms in total. The molecular formula is C12H13F11O2. The molecule has 0 saturated heterocycles. The average Bonchev–Trinajstić information content (AvgIpc) is 2.42. The molecule has 0 fully saturated rings. The monoisotopic (exact) mass is 398 g/mol. The molecule has 0 saturated carbocycles. The summed E-state index contributed by atoms with van der Waals surface area (Å²) in [6.07, 6.45) is -9.35. The first-order chi connectivity index (χ1) is 10.8. The van der Waals surface area contributed by atoms with E-state index in [-0.39, 0.29) is 0 Å². The lowest BCUT2D eigenvalue weighted by Crippen LogP contribution is -2.55. The maximum atomic E-state index is 13.4. The van der Waals surface area contributed by atoms with Gasteiger partial charge in [0.2, 0.25) is 5.67 Å². The van der Waals surface area contributed by atoms with Crippen LogP contribution in [0.1, 0.15) is 26.7 Å². The van der Waals surface area contributed by atoms with Gasteiger partial charge in [0, 0.05) is 0 Å². The van der Waals surface area contributed by atoms with E-state index < -0.39 is 61.2 Å². The standard InChI is InChI=1S/C12H13F11O2/c1-3-8(2,15)7(24)25-5-11(20,21)9(16,17)4-10(18,19)12(22,23)6(13)14/h6H,3-5H2,1-2H3. The van der Waals surface area contributed by atoms with Crippen LogP contribution >= 0.6 is 0 Å². The molecule has 0 aromatic carbocycles. The Labute approximate surface area is 134 Å². The molecule has 13 heteroatoms. The topological polar surface area (TPSA) is 26.3 Å². The van der Waals surface area contributed by atoms with E-state index >= 15 is 0 Å². The van der Waals surface area contributed by atoms with Crippen molar-refractivity contribution >= 4 is 5.97 Å². The lowest BCUT2D eigenvalue weighted by Gasteiger charge is -2.32. The van der Waals surface area contributed by atoms with Crippen molar-refractivity contribution in [1.29, 1.82) is 0 Å².